The van der Waals surface area contributed by atoms with Crippen molar-refractivity contribution in [2.24, 2.45) is 11.8 Å². The third kappa shape index (κ3) is 6.83. The summed E-state index contributed by atoms with van der Waals surface area (Å²) in [6, 6.07) is 16.0. The van der Waals surface area contributed by atoms with Crippen LogP contribution in [0.5, 0.6) is 11.5 Å². The molecule has 0 aliphatic carbocycles. The average molecular weight is 583 g/mol. The smallest absolute Gasteiger partial charge is 0.214 e. The van der Waals surface area contributed by atoms with Gasteiger partial charge in [0.25, 0.3) is 0 Å². The normalized spacial score (nSPS) is 18.5. The number of rotatable bonds is 10. The van der Waals surface area contributed by atoms with Crippen LogP contribution in [-0.2, 0) is 10.0 Å². The Bertz CT molecular complexity index is 1470. The van der Waals surface area contributed by atoms with Crippen molar-refractivity contribution in [3.8, 4) is 11.5 Å². The van der Waals surface area contributed by atoms with Gasteiger partial charge in [-0.25, -0.2) is 17.1 Å². The summed E-state index contributed by atoms with van der Waals surface area (Å²) in [6.45, 7) is 1.70. The molecule has 0 aromatic heterocycles. The quantitative estimate of drug-likeness (QED) is 0.344. The molecule has 1 heterocycles. The number of hydrogen-bond donors (Lipinski definition) is 2. The minimum absolute atomic E-state index is 0.134. The van der Waals surface area contributed by atoms with Gasteiger partial charge < -0.3 is 15.1 Å². The van der Waals surface area contributed by atoms with Crippen molar-refractivity contribution in [3.05, 3.63) is 94.8 Å². The van der Waals surface area contributed by atoms with Crippen LogP contribution >= 0.6 is 0 Å². The fourth-order valence-corrected chi connectivity index (χ4v) is 7.13. The average Bonchev–Trinajstić information content (AvgIpc) is 2.93. The van der Waals surface area contributed by atoms with E-state index in [1.807, 2.05) is 19.0 Å². The fraction of sp³-hybridized carbons (Fsp3) is 0.355. The molecule has 0 amide bonds. The second-order valence-electron chi connectivity index (χ2n) is 10.8. The summed E-state index contributed by atoms with van der Waals surface area (Å²) < 4.78 is 43.3. The number of hydrogen-bond acceptors (Lipinski definition) is 7. The summed E-state index contributed by atoms with van der Waals surface area (Å²) in [6.07, 6.45) is 0.356. The molecule has 0 unspecified atom stereocenters. The van der Waals surface area contributed by atoms with Gasteiger partial charge in [0, 0.05) is 42.0 Å². The van der Waals surface area contributed by atoms with Crippen molar-refractivity contribution < 1.29 is 32.6 Å². The van der Waals surface area contributed by atoms with Crippen molar-refractivity contribution in [2.75, 3.05) is 39.5 Å². The van der Waals surface area contributed by atoms with E-state index in [2.05, 4.69) is 0 Å². The number of nitrogens with zero attached hydrogens (tertiary/aromatic N) is 2. The fourth-order valence-electron chi connectivity index (χ4n) is 5.60. The van der Waals surface area contributed by atoms with Gasteiger partial charge in [-0.1, -0.05) is 36.4 Å². The van der Waals surface area contributed by atoms with Crippen LogP contribution < -0.4 is 0 Å². The highest BCUT2D eigenvalue weighted by atomic mass is 32.2. The summed E-state index contributed by atoms with van der Waals surface area (Å²) >= 11 is 0. The zero-order valence-electron chi connectivity index (χ0n) is 23.3. The first kappa shape index (κ1) is 30.4. The number of Topliss-reactive ketones (excluding diaryl/α,β-unsaturated/α-hetero) is 2. The van der Waals surface area contributed by atoms with E-state index >= 15 is 0 Å². The molecule has 3 aromatic rings. The van der Waals surface area contributed by atoms with Gasteiger partial charge in [0.2, 0.25) is 10.0 Å². The number of carbonyl (C=O) groups excluding carboxylic acids is 2. The van der Waals surface area contributed by atoms with Crippen molar-refractivity contribution in [1.29, 1.82) is 0 Å². The molecule has 218 valence electrons. The Morgan fingerprint density at radius 2 is 1.41 bits per heavy atom. The molecule has 0 spiro atoms. The van der Waals surface area contributed by atoms with E-state index in [1.54, 1.807) is 13.0 Å². The van der Waals surface area contributed by atoms with Gasteiger partial charge in [0.1, 0.15) is 17.3 Å². The summed E-state index contributed by atoms with van der Waals surface area (Å²) in [5.74, 6) is -4.85. The van der Waals surface area contributed by atoms with Crippen LogP contribution in [0, 0.1) is 24.6 Å². The predicted octanol–water partition coefficient (Wildman–Crippen LogP) is 4.22. The van der Waals surface area contributed by atoms with Crippen LogP contribution in [-0.4, -0.2) is 78.9 Å². The predicted molar refractivity (Wildman–Crippen MR) is 154 cm³/mol. The minimum atomic E-state index is -3.89. The van der Waals surface area contributed by atoms with Crippen LogP contribution in [0.2, 0.25) is 0 Å². The monoisotopic (exact) mass is 582 g/mol. The lowest BCUT2D eigenvalue weighted by atomic mass is 9.68. The molecule has 2 N–H and O–H groups in total. The standard InChI is InChI=1S/C31H35FN2O6S/c1-20-25(12-6-13-28(20)32)29-26(30(37)21-8-4-10-23(35)16-21)18-34(41(39,40)15-7-14-33(2)3)19-27(29)31(38)22-9-5-11-24(36)17-22/h4-6,8-13,16-17,26-27,29,35-36H,7,14-15,18-19H2,1-3H3/t26-,27-/m0/s1. The Balaban J connectivity index is 1.87. The van der Waals surface area contributed by atoms with Crippen LogP contribution in [0.4, 0.5) is 4.39 Å². The van der Waals surface area contributed by atoms with E-state index in [4.69, 9.17) is 0 Å². The number of carbonyl (C=O) groups is 2. The van der Waals surface area contributed by atoms with Crippen molar-refractivity contribution in [3.63, 3.8) is 0 Å². The van der Waals surface area contributed by atoms with E-state index in [1.165, 1.54) is 65.0 Å². The lowest BCUT2D eigenvalue weighted by Gasteiger charge is -2.43. The number of ketones is 2. The lowest BCUT2D eigenvalue weighted by molar-refractivity contribution is 0.0694. The molecule has 41 heavy (non-hydrogen) atoms. The molecular weight excluding hydrogens is 547 g/mol. The molecule has 4 rings (SSSR count). The Morgan fingerprint density at radius 3 is 1.90 bits per heavy atom. The molecule has 8 nitrogen and oxygen atoms in total. The molecule has 0 bridgehead atoms. The van der Waals surface area contributed by atoms with Gasteiger partial charge >= 0.3 is 0 Å². The maximum absolute atomic E-state index is 14.9. The molecule has 10 heteroatoms. The summed E-state index contributed by atoms with van der Waals surface area (Å²) in [7, 11) is -0.206. The van der Waals surface area contributed by atoms with Gasteiger partial charge in [-0.05, 0) is 75.4 Å². The molecule has 2 atom stereocenters. The number of phenols is 2. The van der Waals surface area contributed by atoms with Crippen LogP contribution in [0.1, 0.15) is 44.2 Å². The number of aromatic hydroxyl groups is 2. The Labute approximate surface area is 240 Å². The summed E-state index contributed by atoms with van der Waals surface area (Å²) in [5, 5.41) is 20.1. The Kier molecular flexibility index (Phi) is 9.26. The van der Waals surface area contributed by atoms with Crippen molar-refractivity contribution in [1.82, 2.24) is 9.21 Å². The zero-order chi connectivity index (χ0) is 29.9. The summed E-state index contributed by atoms with van der Waals surface area (Å²) in [5.41, 5.74) is 1.02. The molecule has 1 aliphatic heterocycles. The topological polar surface area (TPSA) is 115 Å². The zero-order valence-corrected chi connectivity index (χ0v) is 24.1. The first-order valence-corrected chi connectivity index (χ1v) is 15.0. The molecule has 3 aromatic carbocycles. The Hall–Kier alpha value is -3.60. The molecule has 1 fully saturated rings. The number of piperidine rings is 1. The van der Waals surface area contributed by atoms with Crippen LogP contribution in [0.25, 0.3) is 0 Å². The third-order valence-electron chi connectivity index (χ3n) is 7.67. The maximum Gasteiger partial charge on any atom is 0.214 e. The lowest BCUT2D eigenvalue weighted by Crippen LogP contribution is -2.53. The highest BCUT2D eigenvalue weighted by molar-refractivity contribution is 7.89. The van der Waals surface area contributed by atoms with Gasteiger partial charge in [0.15, 0.2) is 11.6 Å². The molecule has 1 saturated heterocycles. The van der Waals surface area contributed by atoms with Crippen LogP contribution in [0.15, 0.2) is 66.7 Å². The van der Waals surface area contributed by atoms with E-state index in [0.717, 1.165) is 0 Å². The molecule has 0 radical (unpaired) electrons. The number of halogens is 1. The summed E-state index contributed by atoms with van der Waals surface area (Å²) in [4.78, 5) is 30.0. The number of phenolic OH excluding ortho intramolecular Hbond substituents is 2. The first-order valence-electron chi connectivity index (χ1n) is 13.4. The van der Waals surface area contributed by atoms with E-state index in [9.17, 15) is 32.6 Å². The minimum Gasteiger partial charge on any atom is -0.508 e. The first-order chi connectivity index (χ1) is 19.4. The van der Waals surface area contributed by atoms with E-state index in [0.29, 0.717) is 18.5 Å². The van der Waals surface area contributed by atoms with Crippen molar-refractivity contribution in [2.45, 2.75) is 19.3 Å². The SMILES string of the molecule is Cc1c(F)cccc1C1[C@@H](C(=O)c2cccc(O)c2)CN(S(=O)(=O)CCCN(C)C)C[C@@H]1C(=O)c1cccc(O)c1. The maximum atomic E-state index is 14.9. The van der Waals surface area contributed by atoms with E-state index < -0.39 is 45.2 Å². The van der Waals surface area contributed by atoms with E-state index in [-0.39, 0.29) is 47.0 Å². The number of benzene rings is 3. The highest BCUT2D eigenvalue weighted by Gasteiger charge is 2.48. The number of sulfonamides is 1. The second kappa shape index (κ2) is 12.5. The van der Waals surface area contributed by atoms with Gasteiger partial charge in [-0.3, -0.25) is 9.59 Å². The highest BCUT2D eigenvalue weighted by Crippen LogP contribution is 2.43. The molecular formula is C31H35FN2O6S. The van der Waals surface area contributed by atoms with Crippen molar-refractivity contribution >= 4 is 21.6 Å². The molecule has 0 saturated carbocycles. The van der Waals surface area contributed by atoms with Crippen LogP contribution in [0.3, 0.4) is 0 Å². The largest absolute Gasteiger partial charge is 0.508 e. The van der Waals surface area contributed by atoms with Gasteiger partial charge in [0.05, 0.1) is 5.75 Å². The van der Waals surface area contributed by atoms with Gasteiger partial charge in [-0.15, -0.1) is 0 Å². The second-order valence-corrected chi connectivity index (χ2v) is 12.9. The third-order valence-corrected chi connectivity index (χ3v) is 9.56. The van der Waals surface area contributed by atoms with Gasteiger partial charge in [-0.2, -0.15) is 0 Å². The Morgan fingerprint density at radius 1 is 0.902 bits per heavy atom. The molecule has 1 aliphatic rings.